The Bertz CT molecular complexity index is 489. The molecule has 5 nitrogen and oxygen atoms in total. The van der Waals surface area contributed by atoms with Gasteiger partial charge >= 0.3 is 0 Å². The van der Waals surface area contributed by atoms with Crippen molar-refractivity contribution in [2.45, 2.75) is 18.3 Å². The fourth-order valence-electron chi connectivity index (χ4n) is 2.37. The van der Waals surface area contributed by atoms with E-state index in [1.54, 1.807) is 11.3 Å². The Balaban J connectivity index is 2.07. The topological polar surface area (TPSA) is 66.5 Å². The van der Waals surface area contributed by atoms with E-state index >= 15 is 0 Å². The maximum atomic E-state index is 6.04. The lowest BCUT2D eigenvalue weighted by molar-refractivity contribution is 0.351. The van der Waals surface area contributed by atoms with Crippen molar-refractivity contribution in [3.05, 3.63) is 27.2 Å². The number of halogens is 1. The second-order valence-corrected chi connectivity index (χ2v) is 5.89. The highest BCUT2D eigenvalue weighted by Gasteiger charge is 2.40. The summed E-state index contributed by atoms with van der Waals surface area (Å²) in [5.41, 5.74) is -0.129. The number of hydrogen-bond acceptors (Lipinski definition) is 5. The van der Waals surface area contributed by atoms with Crippen LogP contribution in [0.1, 0.15) is 23.5 Å². The van der Waals surface area contributed by atoms with E-state index in [0.29, 0.717) is 0 Å². The van der Waals surface area contributed by atoms with E-state index in [1.807, 2.05) is 6.07 Å². The smallest absolute Gasteiger partial charge is 0.185 e. The number of aromatic amines is 1. The third-order valence-electron chi connectivity index (χ3n) is 3.28. The van der Waals surface area contributed by atoms with E-state index in [0.717, 1.165) is 36.1 Å². The molecule has 0 unspecified atom stereocenters. The number of thiophene rings is 1. The van der Waals surface area contributed by atoms with Gasteiger partial charge in [-0.15, -0.1) is 21.5 Å². The van der Waals surface area contributed by atoms with Gasteiger partial charge in [-0.2, -0.15) is 5.21 Å². The third kappa shape index (κ3) is 1.86. The molecule has 0 bridgehead atoms. The van der Waals surface area contributed by atoms with Crippen LogP contribution in [0, 0.1) is 0 Å². The maximum Gasteiger partial charge on any atom is 0.185 e. The van der Waals surface area contributed by atoms with Gasteiger partial charge in [-0.25, -0.2) is 0 Å². The van der Waals surface area contributed by atoms with E-state index in [4.69, 9.17) is 11.6 Å². The van der Waals surface area contributed by atoms with Crippen LogP contribution in [0.4, 0.5) is 0 Å². The molecule has 1 fully saturated rings. The zero-order valence-corrected chi connectivity index (χ0v) is 10.7. The molecule has 3 rings (SSSR count). The number of nitrogens with one attached hydrogen (secondary N) is 2. The highest BCUT2D eigenvalue weighted by atomic mass is 35.5. The summed E-state index contributed by atoms with van der Waals surface area (Å²) in [6.07, 6.45) is 1.95. The number of rotatable bonds is 2. The minimum Gasteiger partial charge on any atom is -0.317 e. The number of nitrogens with zero attached hydrogens (tertiary/aromatic N) is 3. The first kappa shape index (κ1) is 11.1. The first-order valence-electron chi connectivity index (χ1n) is 5.52. The van der Waals surface area contributed by atoms with Crippen molar-refractivity contribution in [3.63, 3.8) is 0 Å². The average Bonchev–Trinajstić information content (AvgIpc) is 3.01. The normalized spacial score (nSPS) is 19.4. The minimum atomic E-state index is -0.129. The van der Waals surface area contributed by atoms with Gasteiger partial charge < -0.3 is 5.32 Å². The van der Waals surface area contributed by atoms with Crippen LogP contribution >= 0.6 is 22.9 Å². The Morgan fingerprint density at radius 1 is 1.29 bits per heavy atom. The standard InChI is InChI=1S/C10H12ClN5S/c11-8-2-1-7(17-8)10(3-5-12-6-4-10)9-13-15-16-14-9/h1-2,12H,3-6H2,(H,13,14,15,16). The van der Waals surface area contributed by atoms with Gasteiger partial charge in [0.15, 0.2) is 5.82 Å². The van der Waals surface area contributed by atoms with E-state index < -0.39 is 0 Å². The number of hydrogen-bond donors (Lipinski definition) is 2. The van der Waals surface area contributed by atoms with Gasteiger partial charge in [0.25, 0.3) is 0 Å². The molecule has 0 atom stereocenters. The maximum absolute atomic E-state index is 6.04. The molecule has 0 aromatic carbocycles. The number of piperidine rings is 1. The van der Waals surface area contributed by atoms with Crippen LogP contribution in [0.15, 0.2) is 12.1 Å². The van der Waals surface area contributed by atoms with Crippen LogP contribution in [0.5, 0.6) is 0 Å². The average molecular weight is 270 g/mol. The van der Waals surface area contributed by atoms with Crippen molar-refractivity contribution in [2.24, 2.45) is 0 Å². The van der Waals surface area contributed by atoms with Crippen molar-refractivity contribution in [2.75, 3.05) is 13.1 Å². The molecule has 2 aromatic heterocycles. The number of H-pyrrole nitrogens is 1. The van der Waals surface area contributed by atoms with Gasteiger partial charge in [-0.05, 0) is 38.1 Å². The summed E-state index contributed by atoms with van der Waals surface area (Å²) in [4.78, 5) is 1.23. The number of aromatic nitrogens is 4. The van der Waals surface area contributed by atoms with Gasteiger partial charge in [0.05, 0.1) is 9.75 Å². The largest absolute Gasteiger partial charge is 0.317 e. The fraction of sp³-hybridized carbons (Fsp3) is 0.500. The molecule has 1 aliphatic rings. The molecular weight excluding hydrogens is 258 g/mol. The molecule has 0 saturated carbocycles. The van der Waals surface area contributed by atoms with E-state index in [1.165, 1.54) is 4.88 Å². The van der Waals surface area contributed by atoms with Crippen LogP contribution in [-0.4, -0.2) is 33.7 Å². The predicted octanol–water partition coefficient (Wildman–Crippen LogP) is 1.58. The zero-order valence-electron chi connectivity index (χ0n) is 9.11. The summed E-state index contributed by atoms with van der Waals surface area (Å²) >= 11 is 7.65. The van der Waals surface area contributed by atoms with Crippen LogP contribution < -0.4 is 5.32 Å². The Morgan fingerprint density at radius 2 is 2.12 bits per heavy atom. The summed E-state index contributed by atoms with van der Waals surface area (Å²) in [7, 11) is 0. The predicted molar refractivity (Wildman–Crippen MR) is 66.4 cm³/mol. The van der Waals surface area contributed by atoms with Crippen molar-refractivity contribution in [1.29, 1.82) is 0 Å². The summed E-state index contributed by atoms with van der Waals surface area (Å²) in [5, 5.41) is 18.0. The van der Waals surface area contributed by atoms with Gasteiger partial charge in [0, 0.05) is 4.88 Å². The lowest BCUT2D eigenvalue weighted by Gasteiger charge is -2.33. The van der Waals surface area contributed by atoms with Crippen molar-refractivity contribution in [3.8, 4) is 0 Å². The van der Waals surface area contributed by atoms with Gasteiger partial charge in [0.2, 0.25) is 0 Å². The second kappa shape index (κ2) is 4.36. The molecule has 2 N–H and O–H groups in total. The Kier molecular flexibility index (Phi) is 2.85. The molecule has 0 spiro atoms. The van der Waals surface area contributed by atoms with Crippen LogP contribution in [-0.2, 0) is 5.41 Å². The Morgan fingerprint density at radius 3 is 2.71 bits per heavy atom. The summed E-state index contributed by atoms with van der Waals surface area (Å²) in [6, 6.07) is 4.01. The molecular formula is C10H12ClN5S. The Labute approximate surface area is 108 Å². The van der Waals surface area contributed by atoms with Gasteiger partial charge in [-0.1, -0.05) is 16.8 Å². The summed E-state index contributed by atoms with van der Waals surface area (Å²) < 4.78 is 0.807. The molecule has 7 heteroatoms. The lowest BCUT2D eigenvalue weighted by atomic mass is 9.77. The number of tetrazole rings is 1. The van der Waals surface area contributed by atoms with E-state index in [2.05, 4.69) is 32.0 Å². The van der Waals surface area contributed by atoms with E-state index in [-0.39, 0.29) is 5.41 Å². The molecule has 1 saturated heterocycles. The molecule has 1 aliphatic heterocycles. The van der Waals surface area contributed by atoms with Crippen LogP contribution in [0.25, 0.3) is 0 Å². The molecule has 0 radical (unpaired) electrons. The van der Waals surface area contributed by atoms with Crippen molar-refractivity contribution in [1.82, 2.24) is 25.9 Å². The molecule has 2 aromatic rings. The first-order chi connectivity index (χ1) is 8.31. The van der Waals surface area contributed by atoms with Crippen molar-refractivity contribution < 1.29 is 0 Å². The summed E-state index contributed by atoms with van der Waals surface area (Å²) in [5.74, 6) is 0.775. The molecule has 0 aliphatic carbocycles. The molecule has 90 valence electrons. The lowest BCUT2D eigenvalue weighted by Crippen LogP contribution is -2.41. The highest BCUT2D eigenvalue weighted by molar-refractivity contribution is 7.16. The molecule has 3 heterocycles. The van der Waals surface area contributed by atoms with Gasteiger partial charge in [0.1, 0.15) is 0 Å². The third-order valence-corrected chi connectivity index (χ3v) is 4.71. The SMILES string of the molecule is Clc1ccc(C2(c3nn[nH]n3)CCNCC2)s1. The van der Waals surface area contributed by atoms with Crippen LogP contribution in [0.2, 0.25) is 4.34 Å². The first-order valence-corrected chi connectivity index (χ1v) is 6.71. The Hall–Kier alpha value is -0.980. The fourth-order valence-corrected chi connectivity index (χ4v) is 3.66. The highest BCUT2D eigenvalue weighted by Crippen LogP contribution is 2.42. The quantitative estimate of drug-likeness (QED) is 0.869. The monoisotopic (exact) mass is 269 g/mol. The second-order valence-electron chi connectivity index (χ2n) is 4.17. The van der Waals surface area contributed by atoms with E-state index in [9.17, 15) is 0 Å². The van der Waals surface area contributed by atoms with Crippen LogP contribution in [0.3, 0.4) is 0 Å². The minimum absolute atomic E-state index is 0.129. The van der Waals surface area contributed by atoms with Gasteiger partial charge in [-0.3, -0.25) is 0 Å². The summed E-state index contributed by atoms with van der Waals surface area (Å²) in [6.45, 7) is 1.92. The molecule has 0 amide bonds. The van der Waals surface area contributed by atoms with Crippen molar-refractivity contribution >= 4 is 22.9 Å². The molecule has 17 heavy (non-hydrogen) atoms. The zero-order chi connectivity index (χ0) is 11.7.